The van der Waals surface area contributed by atoms with Crippen LogP contribution in [0.5, 0.6) is 5.75 Å². The van der Waals surface area contributed by atoms with Gasteiger partial charge in [-0.2, -0.15) is 0 Å². The number of benzene rings is 1. The van der Waals surface area contributed by atoms with Crippen LogP contribution >= 0.6 is 0 Å². The Balaban J connectivity index is 2.48. The Bertz CT molecular complexity index is 1060. The Kier molecular flexibility index (Phi) is 14.5. The number of hydrogen-bond donors (Lipinski definition) is 0. The second kappa shape index (κ2) is 16.5. The molecule has 2 rings (SSSR count). The smallest absolute Gasteiger partial charge is 0.302 e. The van der Waals surface area contributed by atoms with Gasteiger partial charge < -0.3 is 32.6 Å². The summed E-state index contributed by atoms with van der Waals surface area (Å²) in [6.45, 7) is 26.3. The maximum absolute atomic E-state index is 12.5. The highest BCUT2D eigenvalue weighted by Crippen LogP contribution is 2.51. The Hall–Kier alpha value is -1.57. The van der Waals surface area contributed by atoms with Crippen LogP contribution in [0.15, 0.2) is 24.3 Å². The summed E-state index contributed by atoms with van der Waals surface area (Å²) in [5.41, 5.74) is 0.392. The van der Waals surface area contributed by atoms with Gasteiger partial charge in [0.25, 0.3) is 0 Å². The van der Waals surface area contributed by atoms with Gasteiger partial charge in [0.05, 0.1) is 45.2 Å². The quantitative estimate of drug-likeness (QED) is 0.0603. The monoisotopic (exact) mass is 666 g/mol. The Morgan fingerprint density at radius 1 is 1.02 bits per heavy atom. The molecule has 0 aliphatic carbocycles. The molecule has 0 N–H and O–H groups in total. The van der Waals surface area contributed by atoms with Crippen LogP contribution in [0.3, 0.4) is 0 Å². The van der Waals surface area contributed by atoms with Crippen LogP contribution in [0.25, 0.3) is 0 Å². The van der Waals surface area contributed by atoms with Gasteiger partial charge in [0.2, 0.25) is 0 Å². The Morgan fingerprint density at radius 2 is 1.60 bits per heavy atom. The van der Waals surface area contributed by atoms with Gasteiger partial charge in [-0.25, -0.2) is 0 Å². The molecule has 1 aliphatic heterocycles. The number of rotatable bonds is 20. The molecule has 8 nitrogen and oxygen atoms in total. The SMILES string of the molecule is CC[Si](CC)(CC)O[C@H]([C@H](COC(C)=O)[C@H](O[Si](C)(C)C(C)(C)C)[C@@]1(C)O[C@@H]1[C@@H](C)COCc1ccc(OC)cc1)[C@H](C)C=O. The van der Waals surface area contributed by atoms with Crippen molar-refractivity contribution in [2.24, 2.45) is 17.8 Å². The third-order valence-corrected chi connectivity index (χ3v) is 19.4. The summed E-state index contributed by atoms with van der Waals surface area (Å²) in [7, 11) is -2.88. The molecule has 1 heterocycles. The second-order valence-corrected chi connectivity index (χ2v) is 24.1. The summed E-state index contributed by atoms with van der Waals surface area (Å²) in [5, 5.41) is -0.0769. The Labute approximate surface area is 275 Å². The highest BCUT2D eigenvalue weighted by atomic mass is 28.4. The van der Waals surface area contributed by atoms with E-state index in [9.17, 15) is 9.59 Å². The Morgan fingerprint density at radius 3 is 2.07 bits per heavy atom. The van der Waals surface area contributed by atoms with Crippen LogP contribution in [-0.4, -0.2) is 73.1 Å². The van der Waals surface area contributed by atoms with Gasteiger partial charge in [0, 0.05) is 24.7 Å². The van der Waals surface area contributed by atoms with Crippen molar-refractivity contribution in [1.29, 1.82) is 0 Å². The standard InChI is InChI=1S/C35H62O8Si2/c1-14-45(15-2,16-3)42-31(25(4)21-36)30(24-40-27(6)37)33(43-44(12,13)34(7,8)9)35(10)32(41-35)26(5)22-39-23-28-17-19-29(38-11)20-18-28/h17-21,25-26,30-33H,14-16,22-24H2,1-13H3/t25-,26+,30+,31+,32-,33+,35+/m1/s1. The first-order valence-electron chi connectivity index (χ1n) is 16.8. The molecule has 45 heavy (non-hydrogen) atoms. The molecule has 1 aromatic rings. The minimum atomic E-state index is -2.37. The molecule has 1 aromatic carbocycles. The summed E-state index contributed by atoms with van der Waals surface area (Å²) in [6.07, 6.45) is -0.110. The molecule has 0 amide bonds. The van der Waals surface area contributed by atoms with Gasteiger partial charge in [-0.1, -0.05) is 67.5 Å². The van der Waals surface area contributed by atoms with Crippen molar-refractivity contribution in [1.82, 2.24) is 0 Å². The maximum atomic E-state index is 12.5. The predicted octanol–water partition coefficient (Wildman–Crippen LogP) is 7.80. The van der Waals surface area contributed by atoms with E-state index >= 15 is 0 Å². The number of esters is 1. The molecular formula is C35H62O8Si2. The van der Waals surface area contributed by atoms with E-state index in [1.165, 1.54) is 6.92 Å². The molecule has 0 spiro atoms. The molecule has 1 aliphatic rings. The summed E-state index contributed by atoms with van der Waals surface area (Å²) in [4.78, 5) is 24.7. The van der Waals surface area contributed by atoms with E-state index in [0.717, 1.165) is 35.7 Å². The third kappa shape index (κ3) is 10.2. The number of aldehydes is 1. The van der Waals surface area contributed by atoms with Crippen molar-refractivity contribution in [2.75, 3.05) is 20.3 Å². The van der Waals surface area contributed by atoms with E-state index in [1.807, 2.05) is 31.2 Å². The number of epoxide rings is 1. The summed E-state index contributed by atoms with van der Waals surface area (Å²) < 4.78 is 38.2. The molecule has 10 heteroatoms. The molecule has 1 saturated heterocycles. The number of ether oxygens (including phenoxy) is 4. The van der Waals surface area contributed by atoms with Gasteiger partial charge in [-0.05, 0) is 60.9 Å². The number of carbonyl (C=O) groups excluding carboxylic acids is 2. The lowest BCUT2D eigenvalue weighted by molar-refractivity contribution is -0.147. The first-order chi connectivity index (χ1) is 20.9. The minimum Gasteiger partial charge on any atom is -0.497 e. The summed E-state index contributed by atoms with van der Waals surface area (Å²) >= 11 is 0. The van der Waals surface area contributed by atoms with Crippen molar-refractivity contribution in [3.05, 3.63) is 29.8 Å². The van der Waals surface area contributed by atoms with Crippen LogP contribution in [-0.2, 0) is 39.3 Å². The van der Waals surface area contributed by atoms with E-state index < -0.39 is 46.3 Å². The zero-order valence-electron chi connectivity index (χ0n) is 30.4. The van der Waals surface area contributed by atoms with E-state index in [1.54, 1.807) is 7.11 Å². The lowest BCUT2D eigenvalue weighted by atomic mass is 9.80. The normalized spacial score (nSPS) is 22.2. The largest absolute Gasteiger partial charge is 0.497 e. The average Bonchev–Trinajstić information content (AvgIpc) is 3.70. The van der Waals surface area contributed by atoms with E-state index in [2.05, 4.69) is 68.5 Å². The predicted molar refractivity (Wildman–Crippen MR) is 185 cm³/mol. The highest BCUT2D eigenvalue weighted by Gasteiger charge is 2.64. The van der Waals surface area contributed by atoms with Crippen LogP contribution in [0.1, 0.15) is 74.8 Å². The van der Waals surface area contributed by atoms with E-state index in [0.29, 0.717) is 13.2 Å². The molecule has 7 atom stereocenters. The van der Waals surface area contributed by atoms with Gasteiger partial charge >= 0.3 is 5.97 Å². The van der Waals surface area contributed by atoms with Crippen LogP contribution in [0, 0.1) is 17.8 Å². The fourth-order valence-electron chi connectivity index (χ4n) is 5.96. The van der Waals surface area contributed by atoms with Gasteiger partial charge in [-0.3, -0.25) is 4.79 Å². The lowest BCUT2D eigenvalue weighted by Gasteiger charge is -2.46. The third-order valence-electron chi connectivity index (χ3n) is 10.3. The van der Waals surface area contributed by atoms with E-state index in [-0.39, 0.29) is 29.6 Å². The van der Waals surface area contributed by atoms with Gasteiger partial charge in [0.15, 0.2) is 16.6 Å². The van der Waals surface area contributed by atoms with Crippen molar-refractivity contribution < 1.29 is 37.4 Å². The van der Waals surface area contributed by atoms with E-state index in [4.69, 9.17) is 27.8 Å². The van der Waals surface area contributed by atoms with Crippen LogP contribution < -0.4 is 4.74 Å². The molecule has 0 saturated carbocycles. The summed E-state index contributed by atoms with van der Waals surface area (Å²) in [5.74, 6) is -0.298. The fourth-order valence-corrected chi connectivity index (χ4v) is 10.3. The number of methoxy groups -OCH3 is 1. The van der Waals surface area contributed by atoms with Crippen LogP contribution in [0.4, 0.5) is 0 Å². The zero-order valence-corrected chi connectivity index (χ0v) is 32.4. The lowest BCUT2D eigenvalue weighted by Crippen LogP contribution is -2.57. The number of hydrogen-bond acceptors (Lipinski definition) is 8. The molecular weight excluding hydrogens is 605 g/mol. The molecule has 0 radical (unpaired) electrons. The van der Waals surface area contributed by atoms with Crippen molar-refractivity contribution in [2.45, 2.75) is 136 Å². The van der Waals surface area contributed by atoms with Crippen molar-refractivity contribution in [3.63, 3.8) is 0 Å². The number of carbonyl (C=O) groups is 2. The second-order valence-electron chi connectivity index (χ2n) is 14.6. The topological polar surface area (TPSA) is 92.8 Å². The van der Waals surface area contributed by atoms with Gasteiger partial charge in [-0.15, -0.1) is 0 Å². The first kappa shape index (κ1) is 39.6. The van der Waals surface area contributed by atoms with Crippen LogP contribution in [0.2, 0.25) is 36.3 Å². The maximum Gasteiger partial charge on any atom is 0.302 e. The van der Waals surface area contributed by atoms with Gasteiger partial charge in [0.1, 0.15) is 17.6 Å². The fraction of sp³-hybridized carbons (Fsp3) is 0.771. The molecule has 0 unspecified atom stereocenters. The average molecular weight is 667 g/mol. The first-order valence-corrected chi connectivity index (χ1v) is 22.2. The highest BCUT2D eigenvalue weighted by molar-refractivity contribution is 6.74. The van der Waals surface area contributed by atoms with Crippen molar-refractivity contribution in [3.8, 4) is 5.75 Å². The molecule has 0 aromatic heterocycles. The molecule has 258 valence electrons. The molecule has 1 fully saturated rings. The molecule has 0 bridgehead atoms. The summed E-state index contributed by atoms with van der Waals surface area (Å²) in [6, 6.07) is 10.7. The zero-order chi connectivity index (χ0) is 34.2. The minimum absolute atomic E-state index is 0.0754. The van der Waals surface area contributed by atoms with Crippen molar-refractivity contribution >= 4 is 28.9 Å².